The molecule has 0 N–H and O–H groups in total. The Bertz CT molecular complexity index is 894. The van der Waals surface area contributed by atoms with E-state index in [1.807, 2.05) is 12.1 Å². The van der Waals surface area contributed by atoms with Crippen molar-refractivity contribution in [3.63, 3.8) is 0 Å². The summed E-state index contributed by atoms with van der Waals surface area (Å²) in [6.45, 7) is 8.15. The lowest BCUT2D eigenvalue weighted by Crippen LogP contribution is -2.28. The summed E-state index contributed by atoms with van der Waals surface area (Å²) in [5.74, 6) is 1.86. The molecule has 0 amide bonds. The van der Waals surface area contributed by atoms with Gasteiger partial charge in [-0.15, -0.1) is 11.8 Å². The number of fused-ring (bicyclic) bond motifs is 1. The number of aromatic nitrogens is 2. The molecule has 2 aliphatic heterocycles. The van der Waals surface area contributed by atoms with Crippen molar-refractivity contribution in [2.45, 2.75) is 63.4 Å². The lowest BCUT2D eigenvalue weighted by Gasteiger charge is -2.20. The third-order valence-electron chi connectivity index (χ3n) is 5.91. The zero-order valence-corrected chi connectivity index (χ0v) is 18.3. The van der Waals surface area contributed by atoms with Crippen LogP contribution in [0.5, 0.6) is 5.75 Å². The highest BCUT2D eigenvalue weighted by Gasteiger charge is 2.23. The summed E-state index contributed by atoms with van der Waals surface area (Å²) in [6, 6.07) is 8.91. The predicted octanol–water partition coefficient (Wildman–Crippen LogP) is 4.22. The van der Waals surface area contributed by atoms with E-state index in [4.69, 9.17) is 9.84 Å². The van der Waals surface area contributed by atoms with Crippen LogP contribution in [0, 0.1) is 0 Å². The molecule has 0 unspecified atom stereocenters. The van der Waals surface area contributed by atoms with Gasteiger partial charge in [0, 0.05) is 40.9 Å². The Morgan fingerprint density at radius 1 is 1.24 bits per heavy atom. The molecule has 29 heavy (non-hydrogen) atoms. The Kier molecular flexibility index (Phi) is 6.60. The molecule has 5 nitrogen and oxygen atoms in total. The van der Waals surface area contributed by atoms with E-state index < -0.39 is 0 Å². The van der Waals surface area contributed by atoms with Gasteiger partial charge in [0.2, 0.25) is 0 Å². The van der Waals surface area contributed by atoms with Gasteiger partial charge in [-0.05, 0) is 69.8 Å². The van der Waals surface area contributed by atoms with Crippen LogP contribution in [0.4, 0.5) is 0 Å². The largest absolute Gasteiger partial charge is 0.494 e. The van der Waals surface area contributed by atoms with Crippen molar-refractivity contribution >= 4 is 11.8 Å². The van der Waals surface area contributed by atoms with Crippen molar-refractivity contribution in [1.82, 2.24) is 14.7 Å². The summed E-state index contributed by atoms with van der Waals surface area (Å²) in [4.78, 5) is 16.2. The van der Waals surface area contributed by atoms with Crippen LogP contribution in [0.1, 0.15) is 45.1 Å². The molecule has 6 heteroatoms. The van der Waals surface area contributed by atoms with Crippen LogP contribution in [-0.2, 0) is 13.0 Å². The van der Waals surface area contributed by atoms with Gasteiger partial charge in [-0.25, -0.2) is 4.68 Å². The highest BCUT2D eigenvalue weighted by Crippen LogP contribution is 2.36. The van der Waals surface area contributed by atoms with E-state index in [0.29, 0.717) is 6.54 Å². The quantitative estimate of drug-likeness (QED) is 0.607. The smallest absolute Gasteiger partial charge is 0.271 e. The molecule has 1 saturated heterocycles. The fourth-order valence-corrected chi connectivity index (χ4v) is 5.45. The van der Waals surface area contributed by atoms with Crippen LogP contribution < -0.4 is 10.3 Å². The predicted molar refractivity (Wildman–Crippen MR) is 119 cm³/mol. The lowest BCUT2D eigenvalue weighted by molar-refractivity contribution is 0.230. The zero-order valence-electron chi connectivity index (χ0n) is 17.5. The second-order valence-electron chi connectivity index (χ2n) is 8.04. The van der Waals surface area contributed by atoms with Crippen LogP contribution in [0.2, 0.25) is 0 Å². The van der Waals surface area contributed by atoms with Gasteiger partial charge in [0.1, 0.15) is 11.4 Å². The molecule has 3 heterocycles. The standard InChI is InChI=1S/C23H31N3O2S/c1-3-12-26-23(27)20-11-16-29-22(20)21(24-26)18-7-9-19(10-8-18)28-15-5-14-25-13-4-6-17(25)2/h7-10,17H,3-6,11-16H2,1-2H3/t17-/m1/s1. The van der Waals surface area contributed by atoms with Crippen molar-refractivity contribution in [3.8, 4) is 17.0 Å². The molecule has 2 aliphatic rings. The van der Waals surface area contributed by atoms with Crippen LogP contribution in [0.3, 0.4) is 0 Å². The summed E-state index contributed by atoms with van der Waals surface area (Å²) in [7, 11) is 0. The van der Waals surface area contributed by atoms with Crippen molar-refractivity contribution in [2.24, 2.45) is 0 Å². The van der Waals surface area contributed by atoms with Gasteiger partial charge in [-0.1, -0.05) is 6.92 Å². The summed E-state index contributed by atoms with van der Waals surface area (Å²) in [6.07, 6.45) is 5.45. The van der Waals surface area contributed by atoms with E-state index in [2.05, 4.69) is 30.9 Å². The number of rotatable bonds is 8. The molecule has 156 valence electrons. The minimum absolute atomic E-state index is 0.0860. The molecular formula is C23H31N3O2S. The van der Waals surface area contributed by atoms with Gasteiger partial charge in [-0.2, -0.15) is 5.10 Å². The van der Waals surface area contributed by atoms with Crippen LogP contribution in [-0.4, -0.2) is 46.2 Å². The van der Waals surface area contributed by atoms with E-state index in [9.17, 15) is 4.79 Å². The maximum absolute atomic E-state index is 12.6. The number of benzene rings is 1. The molecule has 0 bridgehead atoms. The Morgan fingerprint density at radius 3 is 2.79 bits per heavy atom. The highest BCUT2D eigenvalue weighted by molar-refractivity contribution is 7.99. The van der Waals surface area contributed by atoms with E-state index in [0.717, 1.165) is 71.7 Å². The molecule has 1 aromatic heterocycles. The maximum atomic E-state index is 12.6. The Morgan fingerprint density at radius 2 is 2.07 bits per heavy atom. The first-order chi connectivity index (χ1) is 14.2. The number of likely N-dealkylation sites (tertiary alicyclic amines) is 1. The Balaban J connectivity index is 1.42. The van der Waals surface area contributed by atoms with Gasteiger partial charge >= 0.3 is 0 Å². The molecule has 0 saturated carbocycles. The van der Waals surface area contributed by atoms with Gasteiger partial charge < -0.3 is 9.64 Å². The first kappa shape index (κ1) is 20.5. The van der Waals surface area contributed by atoms with Gasteiger partial charge in [-0.3, -0.25) is 4.79 Å². The third-order valence-corrected chi connectivity index (χ3v) is 7.05. The fraction of sp³-hybridized carbons (Fsp3) is 0.565. The number of ether oxygens (including phenoxy) is 1. The average Bonchev–Trinajstić information content (AvgIpc) is 3.38. The van der Waals surface area contributed by atoms with E-state index >= 15 is 0 Å². The number of thioether (sulfide) groups is 1. The van der Waals surface area contributed by atoms with Crippen molar-refractivity contribution in [3.05, 3.63) is 40.2 Å². The SMILES string of the molecule is CCCn1nc(-c2ccc(OCCCN3CCC[C@H]3C)cc2)c2c(c1=O)CCS2. The molecule has 1 fully saturated rings. The zero-order chi connectivity index (χ0) is 20.2. The van der Waals surface area contributed by atoms with Gasteiger partial charge in [0.15, 0.2) is 0 Å². The van der Waals surface area contributed by atoms with E-state index in [1.54, 1.807) is 16.4 Å². The van der Waals surface area contributed by atoms with Crippen molar-refractivity contribution in [1.29, 1.82) is 0 Å². The number of aryl methyl sites for hydroxylation is 1. The second-order valence-corrected chi connectivity index (χ2v) is 9.14. The number of nitrogens with zero attached hydrogens (tertiary/aromatic N) is 3. The van der Waals surface area contributed by atoms with Crippen LogP contribution in [0.15, 0.2) is 34.0 Å². The van der Waals surface area contributed by atoms with Crippen LogP contribution >= 0.6 is 11.8 Å². The van der Waals surface area contributed by atoms with Crippen LogP contribution in [0.25, 0.3) is 11.3 Å². The molecule has 1 atom stereocenters. The second kappa shape index (κ2) is 9.35. The molecule has 0 radical (unpaired) electrons. The number of hydrogen-bond acceptors (Lipinski definition) is 5. The summed E-state index contributed by atoms with van der Waals surface area (Å²) in [5, 5.41) is 4.70. The molecule has 2 aromatic rings. The third kappa shape index (κ3) is 4.53. The van der Waals surface area contributed by atoms with E-state index in [1.165, 1.54) is 19.4 Å². The van der Waals surface area contributed by atoms with Gasteiger partial charge in [0.25, 0.3) is 5.56 Å². The monoisotopic (exact) mass is 413 g/mol. The Hall–Kier alpha value is -1.79. The minimum atomic E-state index is 0.0860. The van der Waals surface area contributed by atoms with E-state index in [-0.39, 0.29) is 5.56 Å². The molecule has 1 aromatic carbocycles. The molecule has 0 aliphatic carbocycles. The molecular weight excluding hydrogens is 382 g/mol. The molecule has 0 spiro atoms. The summed E-state index contributed by atoms with van der Waals surface area (Å²) in [5.41, 5.74) is 3.01. The molecule has 4 rings (SSSR count). The average molecular weight is 414 g/mol. The normalized spacial score (nSPS) is 18.9. The number of hydrogen-bond donors (Lipinski definition) is 0. The Labute approximate surface area is 177 Å². The summed E-state index contributed by atoms with van der Waals surface area (Å²) >= 11 is 1.75. The maximum Gasteiger partial charge on any atom is 0.271 e. The minimum Gasteiger partial charge on any atom is -0.494 e. The first-order valence-electron chi connectivity index (χ1n) is 10.9. The highest BCUT2D eigenvalue weighted by atomic mass is 32.2. The first-order valence-corrected chi connectivity index (χ1v) is 11.9. The topological polar surface area (TPSA) is 47.4 Å². The van der Waals surface area contributed by atoms with Crippen molar-refractivity contribution < 1.29 is 4.74 Å². The fourth-order valence-electron chi connectivity index (χ4n) is 4.28. The summed E-state index contributed by atoms with van der Waals surface area (Å²) < 4.78 is 7.60. The van der Waals surface area contributed by atoms with Crippen molar-refractivity contribution in [2.75, 3.05) is 25.4 Å². The van der Waals surface area contributed by atoms with Gasteiger partial charge in [0.05, 0.1) is 6.61 Å². The lowest BCUT2D eigenvalue weighted by atomic mass is 10.1.